The predicted molar refractivity (Wildman–Crippen MR) is 166 cm³/mol. The van der Waals surface area contributed by atoms with E-state index in [-0.39, 0.29) is 35.2 Å². The van der Waals surface area contributed by atoms with Crippen molar-refractivity contribution >= 4 is 40.5 Å². The number of nitrogens with one attached hydrogen (secondary N) is 3. The molecule has 0 aliphatic carbocycles. The van der Waals surface area contributed by atoms with E-state index in [2.05, 4.69) is 16.0 Å². The largest absolute Gasteiger partial charge is 0.495 e. The van der Waals surface area contributed by atoms with Gasteiger partial charge in [-0.05, 0) is 49.4 Å². The average molecular weight is 615 g/mol. The highest BCUT2D eigenvalue weighted by molar-refractivity contribution is 5.96. The van der Waals surface area contributed by atoms with Crippen LogP contribution in [-0.2, 0) is 14.4 Å². The van der Waals surface area contributed by atoms with Crippen molar-refractivity contribution in [3.63, 3.8) is 0 Å². The summed E-state index contributed by atoms with van der Waals surface area (Å²) in [4.78, 5) is 48.7. The molecule has 232 valence electrons. The van der Waals surface area contributed by atoms with Gasteiger partial charge in [0.25, 0.3) is 17.7 Å². The van der Waals surface area contributed by atoms with Gasteiger partial charge in [-0.1, -0.05) is 48.5 Å². The second kappa shape index (κ2) is 15.4. The lowest BCUT2D eigenvalue weighted by molar-refractivity contribution is -0.386. The number of carbonyl (C=O) groups is 3. The summed E-state index contributed by atoms with van der Waals surface area (Å²) in [6.45, 7) is 0.705. The number of methoxy groups -OCH3 is 1. The molecule has 1 unspecified atom stereocenters. The molecule has 45 heavy (non-hydrogen) atoms. The summed E-state index contributed by atoms with van der Waals surface area (Å²) in [7, 11) is 1.50. The molecule has 13 nitrogen and oxygen atoms in total. The summed E-state index contributed by atoms with van der Waals surface area (Å²) >= 11 is 0. The molecule has 0 radical (unpaired) electrons. The van der Waals surface area contributed by atoms with E-state index in [1.165, 1.54) is 32.2 Å². The normalized spacial score (nSPS) is 11.0. The molecule has 4 aromatic carbocycles. The first-order valence-corrected chi connectivity index (χ1v) is 13.6. The summed E-state index contributed by atoms with van der Waals surface area (Å²) in [5.41, 5.74) is 0.804. The van der Waals surface area contributed by atoms with Crippen molar-refractivity contribution in [1.82, 2.24) is 0 Å². The van der Waals surface area contributed by atoms with Gasteiger partial charge in [0.2, 0.25) is 0 Å². The first-order chi connectivity index (χ1) is 21.7. The van der Waals surface area contributed by atoms with Crippen molar-refractivity contribution in [2.75, 3.05) is 36.3 Å². The number of rotatable bonds is 14. The van der Waals surface area contributed by atoms with Gasteiger partial charge < -0.3 is 34.9 Å². The molecule has 4 rings (SSSR count). The molecule has 3 amide bonds. The number of anilines is 3. The lowest BCUT2D eigenvalue weighted by Crippen LogP contribution is -2.30. The van der Waals surface area contributed by atoms with E-state index in [1.54, 1.807) is 78.9 Å². The number of nitro groups is 1. The van der Waals surface area contributed by atoms with E-state index >= 15 is 0 Å². The molecule has 0 saturated heterocycles. The summed E-state index contributed by atoms with van der Waals surface area (Å²) in [5.74, 6) is -0.621. The van der Waals surface area contributed by atoms with E-state index < -0.39 is 35.4 Å². The zero-order valence-corrected chi connectivity index (χ0v) is 24.4. The summed E-state index contributed by atoms with van der Waals surface area (Å²) in [5, 5.41) is 19.3. The van der Waals surface area contributed by atoms with Gasteiger partial charge in [-0.15, -0.1) is 0 Å². The Hall–Kier alpha value is -6.11. The number of carbonyl (C=O) groups excluding carboxylic acids is 3. The minimum Gasteiger partial charge on any atom is -0.495 e. The number of nitro benzene ring substituents is 1. The molecule has 3 N–H and O–H groups in total. The van der Waals surface area contributed by atoms with Gasteiger partial charge in [-0.2, -0.15) is 0 Å². The number of benzene rings is 4. The van der Waals surface area contributed by atoms with Crippen LogP contribution in [0.2, 0.25) is 0 Å². The molecule has 0 bridgehead atoms. The van der Waals surface area contributed by atoms with Gasteiger partial charge in [0, 0.05) is 6.07 Å². The predicted octanol–water partition coefficient (Wildman–Crippen LogP) is 5.04. The number of nitrogens with zero attached hydrogens (tertiary/aromatic N) is 1. The average Bonchev–Trinajstić information content (AvgIpc) is 3.04. The molecule has 0 aliphatic heterocycles. The Morgan fingerprint density at radius 3 is 1.60 bits per heavy atom. The van der Waals surface area contributed by atoms with Crippen LogP contribution in [0.5, 0.6) is 23.0 Å². The van der Waals surface area contributed by atoms with Crippen LogP contribution in [0.1, 0.15) is 6.92 Å². The molecule has 13 heteroatoms. The second-order valence-electron chi connectivity index (χ2n) is 9.34. The van der Waals surface area contributed by atoms with Crippen LogP contribution in [0.15, 0.2) is 97.1 Å². The van der Waals surface area contributed by atoms with Crippen LogP contribution in [0.25, 0.3) is 0 Å². The van der Waals surface area contributed by atoms with Crippen molar-refractivity contribution < 1.29 is 38.3 Å². The standard InChI is InChI=1S/C32H30N4O9/c1-21(45-29-18-10-6-14-25(29)36(40)41)32(39)35-24-13-5-9-17-28(24)44-20-31(38)34-23-12-4-8-16-27(23)43-19-30(37)33-22-11-3-7-15-26(22)42-2/h3-18,21H,19-20H2,1-2H3,(H,33,37)(H,34,38)(H,35,39). The number of amides is 3. The van der Waals surface area contributed by atoms with Crippen LogP contribution in [0.3, 0.4) is 0 Å². The van der Waals surface area contributed by atoms with E-state index in [9.17, 15) is 24.5 Å². The molecular weight excluding hydrogens is 584 g/mol. The van der Waals surface area contributed by atoms with Gasteiger partial charge in [0.15, 0.2) is 25.1 Å². The Morgan fingerprint density at radius 1 is 0.667 bits per heavy atom. The van der Waals surface area contributed by atoms with Gasteiger partial charge in [-0.25, -0.2) is 0 Å². The monoisotopic (exact) mass is 614 g/mol. The Labute approximate surface area is 258 Å². The fourth-order valence-electron chi connectivity index (χ4n) is 3.98. The van der Waals surface area contributed by atoms with Crippen molar-refractivity contribution in [3.8, 4) is 23.0 Å². The third-order valence-corrected chi connectivity index (χ3v) is 6.14. The highest BCUT2D eigenvalue weighted by atomic mass is 16.6. The fraction of sp³-hybridized carbons (Fsp3) is 0.156. The second-order valence-corrected chi connectivity index (χ2v) is 9.34. The van der Waals surface area contributed by atoms with Gasteiger partial charge in [0.1, 0.15) is 17.2 Å². The third kappa shape index (κ3) is 8.94. The number of hydrogen-bond donors (Lipinski definition) is 3. The summed E-state index contributed by atoms with van der Waals surface area (Å²) in [6.07, 6.45) is -1.09. The van der Waals surface area contributed by atoms with Crippen molar-refractivity contribution in [2.45, 2.75) is 13.0 Å². The van der Waals surface area contributed by atoms with Gasteiger partial charge in [-0.3, -0.25) is 24.5 Å². The van der Waals surface area contributed by atoms with Crippen molar-refractivity contribution in [2.24, 2.45) is 0 Å². The lowest BCUT2D eigenvalue weighted by atomic mass is 10.2. The van der Waals surface area contributed by atoms with E-state index in [0.717, 1.165) is 0 Å². The Bertz CT molecular complexity index is 1680. The summed E-state index contributed by atoms with van der Waals surface area (Å²) < 4.78 is 22.1. The number of hydrogen-bond acceptors (Lipinski definition) is 9. The molecule has 0 aromatic heterocycles. The van der Waals surface area contributed by atoms with Crippen LogP contribution in [0, 0.1) is 10.1 Å². The smallest absolute Gasteiger partial charge is 0.310 e. The quantitative estimate of drug-likeness (QED) is 0.130. The maximum atomic E-state index is 12.8. The topological polar surface area (TPSA) is 167 Å². The van der Waals surface area contributed by atoms with Crippen molar-refractivity contribution in [3.05, 3.63) is 107 Å². The first kappa shape index (κ1) is 31.8. The molecular formula is C32H30N4O9. The van der Waals surface area contributed by atoms with E-state index in [1.807, 2.05) is 0 Å². The van der Waals surface area contributed by atoms with Gasteiger partial charge in [0.05, 0.1) is 29.1 Å². The Kier molecular flexibility index (Phi) is 10.9. The molecule has 0 spiro atoms. The molecule has 1 atom stereocenters. The maximum Gasteiger partial charge on any atom is 0.310 e. The maximum absolute atomic E-state index is 12.8. The van der Waals surface area contributed by atoms with Gasteiger partial charge >= 0.3 is 5.69 Å². The lowest BCUT2D eigenvalue weighted by Gasteiger charge is -2.17. The molecule has 0 fully saturated rings. The Morgan fingerprint density at radius 2 is 1.09 bits per heavy atom. The van der Waals surface area contributed by atoms with Crippen LogP contribution < -0.4 is 34.9 Å². The van der Waals surface area contributed by atoms with Crippen LogP contribution >= 0.6 is 0 Å². The van der Waals surface area contributed by atoms with E-state index in [4.69, 9.17) is 18.9 Å². The van der Waals surface area contributed by atoms with Crippen molar-refractivity contribution in [1.29, 1.82) is 0 Å². The van der Waals surface area contributed by atoms with Crippen LogP contribution in [-0.4, -0.2) is 49.1 Å². The number of para-hydroxylation sites is 8. The minimum atomic E-state index is -1.09. The zero-order valence-electron chi connectivity index (χ0n) is 24.4. The zero-order chi connectivity index (χ0) is 32.2. The highest BCUT2D eigenvalue weighted by Gasteiger charge is 2.22. The summed E-state index contributed by atoms with van der Waals surface area (Å²) in [6, 6.07) is 25.7. The van der Waals surface area contributed by atoms with Crippen LogP contribution in [0.4, 0.5) is 22.7 Å². The fourth-order valence-corrected chi connectivity index (χ4v) is 3.98. The highest BCUT2D eigenvalue weighted by Crippen LogP contribution is 2.29. The molecule has 0 aliphatic rings. The SMILES string of the molecule is COc1ccccc1NC(=O)COc1ccccc1NC(=O)COc1ccccc1NC(=O)C(C)Oc1ccccc1[N+](=O)[O-]. The first-order valence-electron chi connectivity index (χ1n) is 13.6. The number of ether oxygens (including phenoxy) is 4. The third-order valence-electron chi connectivity index (χ3n) is 6.14. The molecule has 4 aromatic rings. The molecule has 0 heterocycles. The molecule has 0 saturated carbocycles. The minimum absolute atomic E-state index is 0.0485. The van der Waals surface area contributed by atoms with E-state index in [0.29, 0.717) is 17.1 Å². The Balaban J connectivity index is 1.32.